The summed E-state index contributed by atoms with van der Waals surface area (Å²) in [6.07, 6.45) is 3.53. The van der Waals surface area contributed by atoms with Gasteiger partial charge in [0.05, 0.1) is 19.0 Å². The lowest BCUT2D eigenvalue weighted by Crippen LogP contribution is -2.29. The van der Waals surface area contributed by atoms with Crippen LogP contribution in [0.4, 0.5) is 5.69 Å². The number of aromatic nitrogens is 2. The van der Waals surface area contributed by atoms with Crippen LogP contribution in [0, 0.1) is 0 Å². The lowest BCUT2D eigenvalue weighted by molar-refractivity contribution is -0.141. The van der Waals surface area contributed by atoms with Crippen LogP contribution in [-0.2, 0) is 16.1 Å². The Morgan fingerprint density at radius 1 is 1.68 bits per heavy atom. The molecular weight excluding hydrogens is 334 g/mol. The Labute approximate surface area is 124 Å². The summed E-state index contributed by atoms with van der Waals surface area (Å²) in [7, 11) is 1.27. The first kappa shape index (κ1) is 16.0. The molecule has 0 aliphatic carbocycles. The standard InChI is InChI=1S/C11H16BrN3O3S/c1-7(6-19-3)14-8-4-13-15(5-9(16)18-2)11(17)10(8)12/h4,7,14H,5-6H2,1-3H3. The van der Waals surface area contributed by atoms with E-state index in [-0.39, 0.29) is 18.1 Å². The molecule has 8 heteroatoms. The number of rotatable bonds is 6. The monoisotopic (exact) mass is 349 g/mol. The summed E-state index contributed by atoms with van der Waals surface area (Å²) >= 11 is 4.94. The number of nitrogens with one attached hydrogen (secondary N) is 1. The minimum atomic E-state index is -0.516. The number of carbonyl (C=O) groups excluding carboxylic acids is 1. The minimum absolute atomic E-state index is 0.200. The van der Waals surface area contributed by atoms with Gasteiger partial charge in [0.2, 0.25) is 0 Å². The molecule has 1 aromatic rings. The molecule has 0 spiro atoms. The fourth-order valence-electron chi connectivity index (χ4n) is 1.42. The topological polar surface area (TPSA) is 73.2 Å². The van der Waals surface area contributed by atoms with Gasteiger partial charge in [-0.3, -0.25) is 9.59 Å². The zero-order chi connectivity index (χ0) is 14.4. The molecule has 0 radical (unpaired) electrons. The Bertz CT molecular complexity index is 506. The number of methoxy groups -OCH3 is 1. The van der Waals surface area contributed by atoms with Crippen molar-refractivity contribution in [3.05, 3.63) is 21.0 Å². The van der Waals surface area contributed by atoms with Crippen LogP contribution in [0.5, 0.6) is 0 Å². The third-order valence-corrected chi connectivity index (χ3v) is 3.91. The van der Waals surface area contributed by atoms with Gasteiger partial charge in [-0.25, -0.2) is 4.68 Å². The largest absolute Gasteiger partial charge is 0.468 e. The van der Waals surface area contributed by atoms with Gasteiger partial charge in [0.25, 0.3) is 5.56 Å². The van der Waals surface area contributed by atoms with Gasteiger partial charge in [-0.05, 0) is 29.1 Å². The number of hydrogen-bond donors (Lipinski definition) is 1. The molecule has 6 nitrogen and oxygen atoms in total. The highest BCUT2D eigenvalue weighted by molar-refractivity contribution is 9.10. The number of carbonyl (C=O) groups is 1. The number of ether oxygens (including phenoxy) is 1. The first-order valence-electron chi connectivity index (χ1n) is 5.57. The Kier molecular flexibility index (Phi) is 6.36. The van der Waals surface area contributed by atoms with Crippen molar-refractivity contribution in [1.29, 1.82) is 0 Å². The van der Waals surface area contributed by atoms with E-state index < -0.39 is 5.97 Å². The Morgan fingerprint density at radius 3 is 2.95 bits per heavy atom. The highest BCUT2D eigenvalue weighted by Crippen LogP contribution is 2.17. The van der Waals surface area contributed by atoms with Crippen LogP contribution < -0.4 is 10.9 Å². The summed E-state index contributed by atoms with van der Waals surface area (Å²) in [5, 5.41) is 7.13. The van der Waals surface area contributed by atoms with E-state index in [9.17, 15) is 9.59 Å². The van der Waals surface area contributed by atoms with Crippen LogP contribution >= 0.6 is 27.7 Å². The van der Waals surface area contributed by atoms with Crippen molar-refractivity contribution < 1.29 is 9.53 Å². The number of esters is 1. The third-order valence-electron chi connectivity index (χ3n) is 2.31. The second-order valence-corrected chi connectivity index (χ2v) is 5.62. The van der Waals surface area contributed by atoms with Gasteiger partial charge in [-0.1, -0.05) is 0 Å². The Balaban J connectivity index is 2.91. The third kappa shape index (κ3) is 4.54. The quantitative estimate of drug-likeness (QED) is 0.781. The van der Waals surface area contributed by atoms with Crippen molar-refractivity contribution in [2.75, 3.05) is 24.4 Å². The van der Waals surface area contributed by atoms with Crippen molar-refractivity contribution in [3.8, 4) is 0 Å². The molecule has 0 aliphatic rings. The SMILES string of the molecule is COC(=O)Cn1ncc(NC(C)CSC)c(Br)c1=O. The van der Waals surface area contributed by atoms with Crippen LogP contribution in [-0.4, -0.2) is 40.9 Å². The molecule has 1 N–H and O–H groups in total. The van der Waals surface area contributed by atoms with Crippen LogP contribution in [0.2, 0.25) is 0 Å². The van der Waals surface area contributed by atoms with E-state index in [1.165, 1.54) is 13.3 Å². The van der Waals surface area contributed by atoms with E-state index in [4.69, 9.17) is 0 Å². The first-order valence-corrected chi connectivity index (χ1v) is 7.76. The molecule has 1 rings (SSSR count). The predicted molar refractivity (Wildman–Crippen MR) is 79.7 cm³/mol. The van der Waals surface area contributed by atoms with Crippen molar-refractivity contribution in [2.45, 2.75) is 19.5 Å². The van der Waals surface area contributed by atoms with Gasteiger partial charge in [-0.2, -0.15) is 16.9 Å². The highest BCUT2D eigenvalue weighted by Gasteiger charge is 2.13. The zero-order valence-corrected chi connectivity index (χ0v) is 13.4. The summed E-state index contributed by atoms with van der Waals surface area (Å²) < 4.78 is 5.92. The summed E-state index contributed by atoms with van der Waals surface area (Å²) in [6, 6.07) is 0.212. The van der Waals surface area contributed by atoms with Crippen molar-refractivity contribution >= 4 is 39.3 Å². The first-order chi connectivity index (χ1) is 8.99. The molecule has 0 aromatic carbocycles. The van der Waals surface area contributed by atoms with E-state index in [0.717, 1.165) is 10.4 Å². The molecule has 19 heavy (non-hydrogen) atoms. The van der Waals surface area contributed by atoms with Gasteiger partial charge in [0.1, 0.15) is 11.0 Å². The summed E-state index contributed by atoms with van der Waals surface area (Å²) in [4.78, 5) is 23.1. The van der Waals surface area contributed by atoms with Gasteiger partial charge >= 0.3 is 5.97 Å². The molecule has 0 aliphatic heterocycles. The highest BCUT2D eigenvalue weighted by atomic mass is 79.9. The maximum Gasteiger partial charge on any atom is 0.327 e. The number of hydrogen-bond acceptors (Lipinski definition) is 6. The molecule has 1 atom stereocenters. The molecule has 0 saturated carbocycles. The Morgan fingerprint density at radius 2 is 2.37 bits per heavy atom. The summed E-state index contributed by atoms with van der Waals surface area (Å²) in [6.45, 7) is 1.82. The van der Waals surface area contributed by atoms with Crippen LogP contribution in [0.1, 0.15) is 6.92 Å². The second kappa shape index (κ2) is 7.54. The normalized spacial score (nSPS) is 12.0. The van der Waals surface area contributed by atoms with Crippen molar-refractivity contribution in [1.82, 2.24) is 9.78 Å². The minimum Gasteiger partial charge on any atom is -0.468 e. The Hall–Kier alpha value is -1.02. The average molecular weight is 350 g/mol. The molecule has 0 bridgehead atoms. The lowest BCUT2D eigenvalue weighted by Gasteiger charge is -2.15. The smallest absolute Gasteiger partial charge is 0.327 e. The number of anilines is 1. The summed E-state index contributed by atoms with van der Waals surface area (Å²) in [5.74, 6) is 0.399. The van der Waals surface area contributed by atoms with Crippen LogP contribution in [0.15, 0.2) is 15.5 Å². The molecule has 1 aromatic heterocycles. The number of nitrogens with zero attached hydrogens (tertiary/aromatic N) is 2. The fraction of sp³-hybridized carbons (Fsp3) is 0.545. The maximum absolute atomic E-state index is 12.0. The average Bonchev–Trinajstić information content (AvgIpc) is 2.38. The van der Waals surface area contributed by atoms with Gasteiger partial charge in [-0.15, -0.1) is 0 Å². The zero-order valence-electron chi connectivity index (χ0n) is 11.0. The van der Waals surface area contributed by atoms with E-state index in [1.807, 2.05) is 13.2 Å². The van der Waals surface area contributed by atoms with Crippen molar-refractivity contribution in [3.63, 3.8) is 0 Å². The molecule has 0 saturated heterocycles. The molecule has 0 fully saturated rings. The second-order valence-electron chi connectivity index (χ2n) is 3.91. The van der Waals surface area contributed by atoms with Gasteiger partial charge < -0.3 is 10.1 Å². The van der Waals surface area contributed by atoms with Gasteiger partial charge in [0, 0.05) is 11.8 Å². The molecule has 1 heterocycles. The van der Waals surface area contributed by atoms with E-state index >= 15 is 0 Å². The molecular formula is C11H16BrN3O3S. The van der Waals surface area contributed by atoms with E-state index in [2.05, 4.69) is 31.1 Å². The molecule has 106 valence electrons. The molecule has 1 unspecified atom stereocenters. The van der Waals surface area contributed by atoms with Gasteiger partial charge in [0.15, 0.2) is 0 Å². The number of thioether (sulfide) groups is 1. The molecule has 0 amide bonds. The van der Waals surface area contributed by atoms with E-state index in [0.29, 0.717) is 10.2 Å². The van der Waals surface area contributed by atoms with Crippen molar-refractivity contribution in [2.24, 2.45) is 0 Å². The van der Waals surface area contributed by atoms with Crippen LogP contribution in [0.25, 0.3) is 0 Å². The predicted octanol–water partition coefficient (Wildman–Crippen LogP) is 1.34. The van der Waals surface area contributed by atoms with E-state index in [1.54, 1.807) is 11.8 Å². The maximum atomic E-state index is 12.0. The number of halogens is 1. The fourth-order valence-corrected chi connectivity index (χ4v) is 2.43. The van der Waals surface area contributed by atoms with Crippen LogP contribution in [0.3, 0.4) is 0 Å². The summed E-state index contributed by atoms with van der Waals surface area (Å²) in [5.41, 5.74) is 0.249. The lowest BCUT2D eigenvalue weighted by atomic mass is 10.3.